The third-order valence-corrected chi connectivity index (χ3v) is 7.17. The van der Waals surface area contributed by atoms with Gasteiger partial charge >= 0.3 is 5.97 Å². The van der Waals surface area contributed by atoms with Crippen molar-refractivity contribution in [2.45, 2.75) is 64.1 Å². The third-order valence-electron chi connectivity index (χ3n) is 6.96. The van der Waals surface area contributed by atoms with Crippen LogP contribution < -0.4 is 10.1 Å². The number of ether oxygens (including phenoxy) is 2. The van der Waals surface area contributed by atoms with Gasteiger partial charge in [-0.25, -0.2) is 4.79 Å². The number of carbonyl (C=O) groups excluding carboxylic acids is 1. The van der Waals surface area contributed by atoms with E-state index in [0.29, 0.717) is 16.6 Å². The minimum Gasteiger partial charge on any atom is -0.497 e. The molecule has 174 valence electrons. The zero-order valence-corrected chi connectivity index (χ0v) is 20.6. The molecule has 0 aromatic heterocycles. The molecule has 5 nitrogen and oxygen atoms in total. The van der Waals surface area contributed by atoms with E-state index in [2.05, 4.69) is 36.3 Å². The maximum Gasteiger partial charge on any atom is 0.338 e. The largest absolute Gasteiger partial charge is 0.497 e. The van der Waals surface area contributed by atoms with Crippen molar-refractivity contribution in [2.24, 2.45) is 0 Å². The number of carbonyl (C=O) groups is 1. The minimum atomic E-state index is -0.360. The second-order valence-corrected chi connectivity index (χ2v) is 9.31. The van der Waals surface area contributed by atoms with Crippen molar-refractivity contribution in [1.29, 1.82) is 0 Å². The van der Waals surface area contributed by atoms with E-state index in [4.69, 9.17) is 21.1 Å². The van der Waals surface area contributed by atoms with Crippen molar-refractivity contribution >= 4 is 23.3 Å². The van der Waals surface area contributed by atoms with Crippen molar-refractivity contribution in [2.75, 3.05) is 26.6 Å². The van der Waals surface area contributed by atoms with E-state index in [1.165, 1.54) is 12.7 Å². The van der Waals surface area contributed by atoms with Crippen LogP contribution in [0.1, 0.15) is 60.5 Å². The van der Waals surface area contributed by atoms with E-state index in [9.17, 15) is 4.79 Å². The summed E-state index contributed by atoms with van der Waals surface area (Å²) in [5, 5.41) is 4.31. The number of esters is 1. The fourth-order valence-corrected chi connectivity index (χ4v) is 4.99. The molecule has 1 N–H and O–H groups in total. The monoisotopic (exact) mass is 458 g/mol. The highest BCUT2D eigenvalue weighted by Gasteiger charge is 2.35. The van der Waals surface area contributed by atoms with Crippen LogP contribution >= 0.6 is 11.6 Å². The Kier molecular flexibility index (Phi) is 8.07. The Morgan fingerprint density at radius 3 is 2.56 bits per heavy atom. The predicted octanol–water partition coefficient (Wildman–Crippen LogP) is 6.08. The van der Waals surface area contributed by atoms with Crippen LogP contribution in [0.3, 0.4) is 0 Å². The summed E-state index contributed by atoms with van der Waals surface area (Å²) in [6.45, 7) is 5.08. The summed E-state index contributed by atoms with van der Waals surface area (Å²) in [5.41, 5.74) is 3.58. The van der Waals surface area contributed by atoms with E-state index in [1.54, 1.807) is 13.2 Å². The lowest BCUT2D eigenvalue weighted by Crippen LogP contribution is -2.46. The number of rotatable bonds is 8. The second-order valence-electron chi connectivity index (χ2n) is 8.87. The van der Waals surface area contributed by atoms with Crippen LogP contribution in [0.15, 0.2) is 36.4 Å². The first-order valence-electron chi connectivity index (χ1n) is 11.3. The quantitative estimate of drug-likeness (QED) is 0.486. The van der Waals surface area contributed by atoms with Gasteiger partial charge in [-0.1, -0.05) is 30.7 Å². The topological polar surface area (TPSA) is 50.8 Å². The highest BCUT2D eigenvalue weighted by molar-refractivity contribution is 6.31. The molecule has 2 aromatic rings. The van der Waals surface area contributed by atoms with Crippen molar-refractivity contribution < 1.29 is 14.3 Å². The average molecular weight is 459 g/mol. The molecule has 0 unspecified atom stereocenters. The molecule has 1 aliphatic rings. The van der Waals surface area contributed by atoms with Gasteiger partial charge in [-0.2, -0.15) is 0 Å². The first-order valence-corrected chi connectivity index (χ1v) is 11.7. The minimum absolute atomic E-state index is 0.00383. The number of methoxy groups -OCH3 is 2. The Bertz CT molecular complexity index is 939. The second kappa shape index (κ2) is 10.6. The van der Waals surface area contributed by atoms with Crippen LogP contribution in [-0.4, -0.2) is 43.7 Å². The van der Waals surface area contributed by atoms with Crippen LogP contribution in [0, 0.1) is 6.92 Å². The van der Waals surface area contributed by atoms with Crippen molar-refractivity contribution in [3.8, 4) is 5.75 Å². The molecule has 3 rings (SSSR count). The first kappa shape index (κ1) is 24.4. The van der Waals surface area contributed by atoms with Crippen molar-refractivity contribution in [3.63, 3.8) is 0 Å². The number of halogens is 1. The van der Waals surface area contributed by atoms with Gasteiger partial charge in [0.2, 0.25) is 0 Å². The lowest BCUT2D eigenvalue weighted by atomic mass is 9.77. The fraction of sp³-hybridized carbons (Fsp3) is 0.500. The molecule has 6 heteroatoms. The van der Waals surface area contributed by atoms with Gasteiger partial charge in [0.05, 0.1) is 19.8 Å². The summed E-state index contributed by atoms with van der Waals surface area (Å²) < 4.78 is 10.3. The molecular weight excluding hydrogens is 424 g/mol. The predicted molar refractivity (Wildman–Crippen MR) is 131 cm³/mol. The normalized spacial score (nSPS) is 20.8. The molecule has 1 fully saturated rings. The Morgan fingerprint density at radius 1 is 1.22 bits per heavy atom. The molecule has 0 aliphatic heterocycles. The smallest absolute Gasteiger partial charge is 0.338 e. The van der Waals surface area contributed by atoms with E-state index in [0.717, 1.165) is 55.6 Å². The summed E-state index contributed by atoms with van der Waals surface area (Å²) in [6, 6.07) is 12.4. The highest BCUT2D eigenvalue weighted by Crippen LogP contribution is 2.38. The van der Waals surface area contributed by atoms with Crippen LogP contribution in [0.5, 0.6) is 5.75 Å². The SMILES string of the molecule is CC[C@]1(Nc2cc(Cl)cc(C(=O)OC)c2C)CC[C@@H](N(C)Cc2cccc(OC)c2)CC1. The Balaban J connectivity index is 1.69. The molecule has 0 radical (unpaired) electrons. The van der Waals surface area contributed by atoms with E-state index in [1.807, 2.05) is 25.1 Å². The lowest BCUT2D eigenvalue weighted by molar-refractivity contribution is 0.0600. The Labute approximate surface area is 197 Å². The number of benzene rings is 2. The maximum absolute atomic E-state index is 12.2. The van der Waals surface area contributed by atoms with Gasteiger partial charge in [-0.15, -0.1) is 0 Å². The molecule has 1 aliphatic carbocycles. The van der Waals surface area contributed by atoms with Crippen LogP contribution in [-0.2, 0) is 11.3 Å². The molecule has 2 aromatic carbocycles. The van der Waals surface area contributed by atoms with Crippen LogP contribution in [0.2, 0.25) is 5.02 Å². The Morgan fingerprint density at radius 2 is 1.94 bits per heavy atom. The number of anilines is 1. The van der Waals surface area contributed by atoms with Gasteiger partial charge < -0.3 is 14.8 Å². The van der Waals surface area contributed by atoms with Gasteiger partial charge in [-0.05, 0) is 81.5 Å². The lowest BCUT2D eigenvalue weighted by Gasteiger charge is -2.44. The van der Waals surface area contributed by atoms with Gasteiger partial charge in [0.25, 0.3) is 0 Å². The number of nitrogens with one attached hydrogen (secondary N) is 1. The standard InChI is InChI=1S/C26H35ClN2O3/c1-6-26(28-24-16-20(27)15-23(18(24)2)25(30)32-5)12-10-21(11-13-26)29(3)17-19-8-7-9-22(14-19)31-4/h7-9,14-16,21,28H,6,10-13,17H2,1-5H3/t21-,26+. The molecule has 0 atom stereocenters. The van der Waals surface area contributed by atoms with Crippen LogP contribution in [0.4, 0.5) is 5.69 Å². The number of nitrogens with zero attached hydrogens (tertiary/aromatic N) is 1. The average Bonchev–Trinajstić information content (AvgIpc) is 2.81. The van der Waals surface area contributed by atoms with Gasteiger partial charge in [-0.3, -0.25) is 4.90 Å². The molecule has 0 bridgehead atoms. The van der Waals surface area contributed by atoms with Gasteiger partial charge in [0, 0.05) is 28.8 Å². The summed E-state index contributed by atoms with van der Waals surface area (Å²) >= 11 is 6.33. The summed E-state index contributed by atoms with van der Waals surface area (Å²) in [7, 11) is 5.31. The van der Waals surface area contributed by atoms with Gasteiger partial charge in [0.1, 0.15) is 5.75 Å². The van der Waals surface area contributed by atoms with Gasteiger partial charge in [0.15, 0.2) is 0 Å². The molecule has 0 spiro atoms. The third kappa shape index (κ3) is 5.57. The molecular formula is C26H35ClN2O3. The molecule has 0 amide bonds. The molecule has 1 saturated carbocycles. The van der Waals surface area contributed by atoms with Crippen LogP contribution in [0.25, 0.3) is 0 Å². The molecule has 32 heavy (non-hydrogen) atoms. The Hall–Kier alpha value is -2.24. The fourth-order valence-electron chi connectivity index (χ4n) is 4.77. The summed E-state index contributed by atoms with van der Waals surface area (Å²) in [4.78, 5) is 14.6. The number of hydrogen-bond acceptors (Lipinski definition) is 5. The molecule has 0 heterocycles. The van der Waals surface area contributed by atoms with E-state index in [-0.39, 0.29) is 11.5 Å². The van der Waals surface area contributed by atoms with Crippen molar-refractivity contribution in [3.05, 3.63) is 58.1 Å². The molecule has 0 saturated heterocycles. The highest BCUT2D eigenvalue weighted by atomic mass is 35.5. The summed E-state index contributed by atoms with van der Waals surface area (Å²) in [6.07, 6.45) is 5.38. The summed E-state index contributed by atoms with van der Waals surface area (Å²) in [5.74, 6) is 0.540. The zero-order valence-electron chi connectivity index (χ0n) is 19.8. The maximum atomic E-state index is 12.2. The zero-order chi connectivity index (χ0) is 23.3. The van der Waals surface area contributed by atoms with E-state index >= 15 is 0 Å². The first-order chi connectivity index (χ1) is 15.3. The number of hydrogen-bond donors (Lipinski definition) is 1. The van der Waals surface area contributed by atoms with E-state index < -0.39 is 0 Å². The van der Waals surface area contributed by atoms with Crippen molar-refractivity contribution in [1.82, 2.24) is 4.90 Å².